The number of nitrogens with one attached hydrogen (secondary N) is 2. The fourth-order valence-corrected chi connectivity index (χ4v) is 4.30. The van der Waals surface area contributed by atoms with Gasteiger partial charge in [0.15, 0.2) is 5.78 Å². The number of Topliss-reactive ketones (excluding diaryl/α,β-unsaturated/α-hetero) is 1. The smallest absolute Gasteiger partial charge is 0.411 e. The number of anilines is 2. The van der Waals surface area contributed by atoms with Crippen LogP contribution in [-0.4, -0.2) is 41.3 Å². The van der Waals surface area contributed by atoms with Gasteiger partial charge in [-0.25, -0.2) is 0 Å². The standard InChI is InChI=1S/C28H26F6N2O4/c1-4-15(2)24(39)16-6-5-7-17(12-16)25(40)36-21-14-19(9-11-23(21)38)26(27(29,30)31,28(32,33)34)18-8-10-22(37)20(13-18)35-3/h5-15,35,37-38H,4H2,1-3H3,(H,36,40). The van der Waals surface area contributed by atoms with E-state index >= 15 is 0 Å². The summed E-state index contributed by atoms with van der Waals surface area (Å²) in [6, 6.07) is 8.63. The van der Waals surface area contributed by atoms with Crippen LogP contribution in [0.3, 0.4) is 0 Å². The average molecular weight is 569 g/mol. The molecule has 1 atom stereocenters. The van der Waals surface area contributed by atoms with Crippen molar-refractivity contribution in [2.75, 3.05) is 17.7 Å². The number of carbonyl (C=O) groups excluding carboxylic acids is 2. The summed E-state index contributed by atoms with van der Waals surface area (Å²) in [6.45, 7) is 3.49. The number of hydrogen-bond donors (Lipinski definition) is 4. The maximum absolute atomic E-state index is 14.6. The topological polar surface area (TPSA) is 98.7 Å². The van der Waals surface area contributed by atoms with Crippen LogP contribution in [0.25, 0.3) is 0 Å². The minimum Gasteiger partial charge on any atom is -0.506 e. The third kappa shape index (κ3) is 5.43. The molecule has 0 spiro atoms. The maximum Gasteiger partial charge on any atom is 0.411 e. The fraction of sp³-hybridized carbons (Fsp3) is 0.286. The predicted molar refractivity (Wildman–Crippen MR) is 137 cm³/mol. The zero-order chi connectivity index (χ0) is 30.0. The van der Waals surface area contributed by atoms with Crippen molar-refractivity contribution < 1.29 is 46.1 Å². The number of benzene rings is 3. The zero-order valence-electron chi connectivity index (χ0n) is 21.5. The molecule has 12 heteroatoms. The highest BCUT2D eigenvalue weighted by molar-refractivity contribution is 6.07. The van der Waals surface area contributed by atoms with Gasteiger partial charge in [-0.05, 0) is 53.9 Å². The second-order valence-electron chi connectivity index (χ2n) is 9.17. The van der Waals surface area contributed by atoms with E-state index in [0.717, 1.165) is 0 Å². The van der Waals surface area contributed by atoms with Gasteiger partial charge in [-0.3, -0.25) is 9.59 Å². The van der Waals surface area contributed by atoms with Crippen molar-refractivity contribution in [1.29, 1.82) is 0 Å². The molecule has 4 N–H and O–H groups in total. The van der Waals surface area contributed by atoms with E-state index in [9.17, 15) is 46.1 Å². The number of ketones is 1. The van der Waals surface area contributed by atoms with Crippen LogP contribution in [0, 0.1) is 5.92 Å². The van der Waals surface area contributed by atoms with E-state index in [4.69, 9.17) is 0 Å². The Morgan fingerprint density at radius 1 is 0.800 bits per heavy atom. The zero-order valence-corrected chi connectivity index (χ0v) is 21.5. The van der Waals surface area contributed by atoms with Crippen LogP contribution in [0.2, 0.25) is 0 Å². The highest BCUT2D eigenvalue weighted by Gasteiger charge is 2.72. The minimum atomic E-state index is -5.95. The van der Waals surface area contributed by atoms with E-state index in [1.807, 2.05) is 0 Å². The quantitative estimate of drug-likeness (QED) is 0.133. The van der Waals surface area contributed by atoms with Crippen molar-refractivity contribution in [3.05, 3.63) is 82.9 Å². The molecule has 40 heavy (non-hydrogen) atoms. The number of aromatic hydroxyl groups is 2. The summed E-state index contributed by atoms with van der Waals surface area (Å²) in [7, 11) is 1.21. The number of carbonyl (C=O) groups is 2. The second kappa shape index (κ2) is 11.1. The van der Waals surface area contributed by atoms with Gasteiger partial charge in [0.25, 0.3) is 5.91 Å². The Bertz CT molecular complexity index is 1400. The predicted octanol–water partition coefficient (Wildman–Crippen LogP) is 7.03. The summed E-state index contributed by atoms with van der Waals surface area (Å²) in [4.78, 5) is 25.4. The Kier molecular flexibility index (Phi) is 8.42. The molecule has 0 heterocycles. The first-order valence-corrected chi connectivity index (χ1v) is 12.0. The van der Waals surface area contributed by atoms with Crippen molar-refractivity contribution in [2.24, 2.45) is 5.92 Å². The Hall–Kier alpha value is -4.22. The van der Waals surface area contributed by atoms with Crippen molar-refractivity contribution in [3.63, 3.8) is 0 Å². The molecule has 0 fully saturated rings. The lowest BCUT2D eigenvalue weighted by Crippen LogP contribution is -2.54. The van der Waals surface area contributed by atoms with E-state index in [-0.39, 0.29) is 28.5 Å². The number of halogens is 6. The first kappa shape index (κ1) is 30.3. The van der Waals surface area contributed by atoms with Crippen molar-refractivity contribution in [2.45, 2.75) is 38.0 Å². The lowest BCUT2D eigenvalue weighted by molar-refractivity contribution is -0.288. The molecule has 0 aromatic heterocycles. The van der Waals surface area contributed by atoms with E-state index in [0.29, 0.717) is 42.8 Å². The molecule has 3 rings (SSSR count). The molecule has 0 bridgehead atoms. The lowest BCUT2D eigenvalue weighted by Gasteiger charge is -2.38. The Labute approximate surface area is 225 Å². The van der Waals surface area contributed by atoms with Crippen LogP contribution < -0.4 is 10.6 Å². The maximum atomic E-state index is 14.6. The highest BCUT2D eigenvalue weighted by atomic mass is 19.4. The van der Waals surface area contributed by atoms with Crippen LogP contribution in [0.15, 0.2) is 60.7 Å². The number of amides is 1. The van der Waals surface area contributed by atoms with Crippen LogP contribution in [0.4, 0.5) is 37.7 Å². The highest BCUT2D eigenvalue weighted by Crippen LogP contribution is 2.57. The molecule has 0 aliphatic heterocycles. The Morgan fingerprint density at radius 3 is 1.80 bits per heavy atom. The van der Waals surface area contributed by atoms with Gasteiger partial charge in [-0.15, -0.1) is 0 Å². The lowest BCUT2D eigenvalue weighted by atomic mass is 9.72. The molecular formula is C28H26F6N2O4. The molecule has 3 aromatic carbocycles. The van der Waals surface area contributed by atoms with Gasteiger partial charge in [0, 0.05) is 24.1 Å². The van der Waals surface area contributed by atoms with Gasteiger partial charge in [0.05, 0.1) is 11.4 Å². The molecule has 3 aromatic rings. The van der Waals surface area contributed by atoms with Crippen molar-refractivity contribution in [3.8, 4) is 11.5 Å². The monoisotopic (exact) mass is 568 g/mol. The van der Waals surface area contributed by atoms with Crippen LogP contribution in [0.5, 0.6) is 11.5 Å². The van der Waals surface area contributed by atoms with Crippen molar-refractivity contribution >= 4 is 23.1 Å². The first-order chi connectivity index (χ1) is 18.6. The molecule has 0 saturated heterocycles. The molecule has 214 valence electrons. The third-order valence-electron chi connectivity index (χ3n) is 6.70. The summed E-state index contributed by atoms with van der Waals surface area (Å²) in [5.74, 6) is -2.93. The molecular weight excluding hydrogens is 542 g/mol. The largest absolute Gasteiger partial charge is 0.506 e. The normalized spacial score (nSPS) is 13.0. The molecule has 0 aliphatic carbocycles. The average Bonchev–Trinajstić information content (AvgIpc) is 2.89. The van der Waals surface area contributed by atoms with Gasteiger partial charge in [-0.2, -0.15) is 26.3 Å². The number of phenols is 2. The second-order valence-corrected chi connectivity index (χ2v) is 9.17. The van der Waals surface area contributed by atoms with Gasteiger partial charge in [-0.1, -0.05) is 38.1 Å². The molecule has 0 saturated carbocycles. The number of phenolic OH excluding ortho intramolecular Hbond substituents is 2. The molecule has 0 aliphatic rings. The van der Waals surface area contributed by atoms with Gasteiger partial charge in [0.2, 0.25) is 5.41 Å². The number of hydrogen-bond acceptors (Lipinski definition) is 5. The first-order valence-electron chi connectivity index (χ1n) is 12.0. The summed E-state index contributed by atoms with van der Waals surface area (Å²) in [5.41, 5.74) is -8.20. The van der Waals surface area contributed by atoms with E-state index in [1.165, 1.54) is 31.3 Å². The fourth-order valence-electron chi connectivity index (χ4n) is 4.30. The SMILES string of the molecule is CCC(C)C(=O)c1cccc(C(=O)Nc2cc(C(c3ccc(O)c(NC)c3)(C(F)(F)F)C(F)(F)F)ccc2O)c1. The van der Waals surface area contributed by atoms with Crippen LogP contribution in [-0.2, 0) is 5.41 Å². The van der Waals surface area contributed by atoms with Crippen LogP contribution >= 0.6 is 0 Å². The van der Waals surface area contributed by atoms with Gasteiger partial charge >= 0.3 is 12.4 Å². The molecule has 0 radical (unpaired) electrons. The molecule has 1 amide bonds. The summed E-state index contributed by atoms with van der Waals surface area (Å²) < 4.78 is 87.4. The Balaban J connectivity index is 2.16. The van der Waals surface area contributed by atoms with Gasteiger partial charge in [0.1, 0.15) is 11.5 Å². The summed E-state index contributed by atoms with van der Waals surface area (Å²) >= 11 is 0. The van der Waals surface area contributed by atoms with Crippen molar-refractivity contribution in [1.82, 2.24) is 0 Å². The number of alkyl halides is 6. The summed E-state index contributed by atoms with van der Waals surface area (Å²) in [6.07, 6.45) is -11.4. The molecule has 1 unspecified atom stereocenters. The van der Waals surface area contributed by atoms with E-state index in [2.05, 4.69) is 10.6 Å². The van der Waals surface area contributed by atoms with E-state index < -0.39 is 52.0 Å². The number of rotatable bonds is 8. The molecule has 6 nitrogen and oxygen atoms in total. The van der Waals surface area contributed by atoms with Crippen LogP contribution in [0.1, 0.15) is 52.1 Å². The minimum absolute atomic E-state index is 0.103. The Morgan fingerprint density at radius 2 is 1.30 bits per heavy atom. The summed E-state index contributed by atoms with van der Waals surface area (Å²) in [5, 5.41) is 24.6. The third-order valence-corrected chi connectivity index (χ3v) is 6.70. The van der Waals surface area contributed by atoms with E-state index in [1.54, 1.807) is 13.8 Å². The van der Waals surface area contributed by atoms with Gasteiger partial charge < -0.3 is 20.8 Å².